The molecule has 0 saturated heterocycles. The number of benzene rings is 2. The number of rotatable bonds is 4. The van der Waals surface area contributed by atoms with Gasteiger partial charge in [-0.25, -0.2) is 0 Å². The molecule has 7 heteroatoms. The molecule has 1 amide bonds. The van der Waals surface area contributed by atoms with Crippen LogP contribution in [-0.2, 0) is 23.9 Å². The lowest BCUT2D eigenvalue weighted by atomic mass is 9.94. The van der Waals surface area contributed by atoms with Gasteiger partial charge < -0.3 is 10.2 Å². The van der Waals surface area contributed by atoms with Crippen molar-refractivity contribution < 1.29 is 18.0 Å². The molecule has 2 heterocycles. The van der Waals surface area contributed by atoms with Gasteiger partial charge in [0.1, 0.15) is 6.04 Å². The van der Waals surface area contributed by atoms with Gasteiger partial charge in [0, 0.05) is 25.5 Å². The molecule has 1 aromatic heterocycles. The summed E-state index contributed by atoms with van der Waals surface area (Å²) in [5.74, 6) is -0.00515. The number of aromatic nitrogens is 1. The summed E-state index contributed by atoms with van der Waals surface area (Å²) in [5.41, 5.74) is 3.85. The van der Waals surface area contributed by atoms with E-state index in [9.17, 15) is 18.0 Å². The number of nitrogens with zero attached hydrogens (tertiary/aromatic N) is 2. The Morgan fingerprint density at radius 1 is 1.06 bits per heavy atom. The first-order valence-electron chi connectivity index (χ1n) is 10.1. The molecule has 1 N–H and O–H groups in total. The predicted molar refractivity (Wildman–Crippen MR) is 113 cm³/mol. The van der Waals surface area contributed by atoms with Gasteiger partial charge in [0.15, 0.2) is 0 Å². The van der Waals surface area contributed by atoms with Crippen LogP contribution in [-0.4, -0.2) is 28.4 Å². The Morgan fingerprint density at radius 2 is 1.81 bits per heavy atom. The standard InChI is InChI=1S/C24H22F3N3O/c1-16(29-22-3-2-11-28-14-22)23(31)30-12-10-18-4-5-19(13-20(18)15-30)17-6-8-21(9-7-17)24(25,26)27/h2-9,11,13-14,16,29H,10,12,15H2,1H3/t16-/m1/s1. The van der Waals surface area contributed by atoms with E-state index < -0.39 is 17.8 Å². The minimum absolute atomic E-state index is 0.00515. The number of pyridine rings is 1. The monoisotopic (exact) mass is 425 g/mol. The number of halogens is 3. The lowest BCUT2D eigenvalue weighted by molar-refractivity contribution is -0.137. The molecule has 0 unspecified atom stereocenters. The maximum Gasteiger partial charge on any atom is 0.416 e. The maximum absolute atomic E-state index is 12.9. The van der Waals surface area contributed by atoms with Gasteiger partial charge in [0.05, 0.1) is 11.3 Å². The van der Waals surface area contributed by atoms with Gasteiger partial charge in [-0.2, -0.15) is 13.2 Å². The third kappa shape index (κ3) is 4.71. The molecular weight excluding hydrogens is 403 g/mol. The molecule has 4 rings (SSSR count). The molecule has 1 aliphatic heterocycles. The van der Waals surface area contributed by atoms with Gasteiger partial charge in [-0.05, 0) is 65.9 Å². The summed E-state index contributed by atoms with van der Waals surface area (Å²) in [4.78, 5) is 18.8. The van der Waals surface area contributed by atoms with Crippen LogP contribution >= 0.6 is 0 Å². The predicted octanol–water partition coefficient (Wildman–Crippen LogP) is 5.15. The molecule has 31 heavy (non-hydrogen) atoms. The average molecular weight is 425 g/mol. The van der Waals surface area contributed by atoms with Crippen molar-refractivity contribution in [1.29, 1.82) is 0 Å². The molecule has 0 bridgehead atoms. The summed E-state index contributed by atoms with van der Waals surface area (Å²) >= 11 is 0. The number of hydrogen-bond donors (Lipinski definition) is 1. The van der Waals surface area contributed by atoms with E-state index in [1.807, 2.05) is 36.1 Å². The third-order valence-electron chi connectivity index (χ3n) is 5.49. The highest BCUT2D eigenvalue weighted by Crippen LogP contribution is 2.32. The fourth-order valence-electron chi connectivity index (χ4n) is 3.81. The first-order valence-corrected chi connectivity index (χ1v) is 10.1. The SMILES string of the molecule is C[C@@H](Nc1cccnc1)C(=O)N1CCc2ccc(-c3ccc(C(F)(F)F)cc3)cc2C1. The summed E-state index contributed by atoms with van der Waals surface area (Å²) < 4.78 is 38.5. The lowest BCUT2D eigenvalue weighted by Gasteiger charge is -2.31. The molecule has 0 spiro atoms. The maximum atomic E-state index is 12.9. The lowest BCUT2D eigenvalue weighted by Crippen LogP contribution is -2.43. The molecule has 0 fully saturated rings. The number of anilines is 1. The van der Waals surface area contributed by atoms with E-state index >= 15 is 0 Å². The van der Waals surface area contributed by atoms with Crippen molar-refractivity contribution in [3.63, 3.8) is 0 Å². The number of carbonyl (C=O) groups excluding carboxylic acids is 1. The van der Waals surface area contributed by atoms with Crippen molar-refractivity contribution in [2.75, 3.05) is 11.9 Å². The molecule has 3 aromatic rings. The van der Waals surface area contributed by atoms with Crippen molar-refractivity contribution in [3.8, 4) is 11.1 Å². The zero-order valence-electron chi connectivity index (χ0n) is 17.0. The van der Waals surface area contributed by atoms with Crippen molar-refractivity contribution in [1.82, 2.24) is 9.88 Å². The molecule has 0 radical (unpaired) electrons. The van der Waals surface area contributed by atoms with Crippen molar-refractivity contribution >= 4 is 11.6 Å². The molecule has 2 aromatic carbocycles. The Bertz CT molecular complexity index is 1070. The Hall–Kier alpha value is -3.35. The topological polar surface area (TPSA) is 45.2 Å². The number of alkyl halides is 3. The van der Waals surface area contributed by atoms with Crippen LogP contribution < -0.4 is 5.32 Å². The highest BCUT2D eigenvalue weighted by molar-refractivity contribution is 5.84. The second-order valence-corrected chi connectivity index (χ2v) is 7.68. The summed E-state index contributed by atoms with van der Waals surface area (Å²) in [6.07, 6.45) is -0.261. The average Bonchev–Trinajstić information content (AvgIpc) is 2.78. The van der Waals surface area contributed by atoms with E-state index in [2.05, 4.69) is 10.3 Å². The van der Waals surface area contributed by atoms with E-state index in [0.29, 0.717) is 18.7 Å². The van der Waals surface area contributed by atoms with Gasteiger partial charge in [-0.3, -0.25) is 9.78 Å². The van der Waals surface area contributed by atoms with Crippen LogP contribution in [0.2, 0.25) is 0 Å². The van der Waals surface area contributed by atoms with Crippen molar-refractivity contribution in [2.24, 2.45) is 0 Å². The number of carbonyl (C=O) groups is 1. The quantitative estimate of drug-likeness (QED) is 0.629. The minimum Gasteiger partial charge on any atom is -0.373 e. The zero-order valence-corrected chi connectivity index (χ0v) is 17.0. The van der Waals surface area contributed by atoms with Crippen molar-refractivity contribution in [2.45, 2.75) is 32.1 Å². The van der Waals surface area contributed by atoms with Crippen LogP contribution in [0.15, 0.2) is 67.0 Å². The fourth-order valence-corrected chi connectivity index (χ4v) is 3.81. The van der Waals surface area contributed by atoms with Crippen LogP contribution in [0.4, 0.5) is 18.9 Å². The summed E-state index contributed by atoms with van der Waals surface area (Å²) in [6.45, 7) is 2.93. The smallest absolute Gasteiger partial charge is 0.373 e. The Balaban J connectivity index is 1.49. The van der Waals surface area contributed by atoms with Crippen LogP contribution in [0, 0.1) is 0 Å². The van der Waals surface area contributed by atoms with Crippen LogP contribution in [0.5, 0.6) is 0 Å². The van der Waals surface area contributed by atoms with Gasteiger partial charge >= 0.3 is 6.18 Å². The van der Waals surface area contributed by atoms with E-state index in [-0.39, 0.29) is 5.91 Å². The molecule has 0 saturated carbocycles. The van der Waals surface area contributed by atoms with E-state index in [1.165, 1.54) is 12.1 Å². The van der Waals surface area contributed by atoms with Crippen LogP contribution in [0.25, 0.3) is 11.1 Å². The first-order chi connectivity index (χ1) is 14.8. The van der Waals surface area contributed by atoms with Crippen molar-refractivity contribution in [3.05, 3.63) is 83.7 Å². The van der Waals surface area contributed by atoms with E-state index in [4.69, 9.17) is 0 Å². The molecule has 4 nitrogen and oxygen atoms in total. The molecule has 0 aliphatic carbocycles. The van der Waals surface area contributed by atoms with E-state index in [1.54, 1.807) is 18.5 Å². The Labute approximate surface area is 178 Å². The summed E-state index contributed by atoms with van der Waals surface area (Å²) in [5, 5.41) is 3.17. The summed E-state index contributed by atoms with van der Waals surface area (Å²) in [7, 11) is 0. The summed E-state index contributed by atoms with van der Waals surface area (Å²) in [6, 6.07) is 14.3. The normalized spacial score (nSPS) is 14.6. The van der Waals surface area contributed by atoms with E-state index in [0.717, 1.165) is 40.9 Å². The largest absolute Gasteiger partial charge is 0.416 e. The van der Waals surface area contributed by atoms with Crippen LogP contribution in [0.3, 0.4) is 0 Å². The number of hydrogen-bond acceptors (Lipinski definition) is 3. The Morgan fingerprint density at radius 3 is 2.48 bits per heavy atom. The molecule has 1 atom stereocenters. The van der Waals surface area contributed by atoms with Gasteiger partial charge in [0.2, 0.25) is 5.91 Å². The molecule has 1 aliphatic rings. The van der Waals surface area contributed by atoms with Gasteiger partial charge in [0.25, 0.3) is 0 Å². The first kappa shape index (κ1) is 20.9. The highest BCUT2D eigenvalue weighted by Gasteiger charge is 2.30. The zero-order chi connectivity index (χ0) is 22.0. The third-order valence-corrected chi connectivity index (χ3v) is 5.49. The van der Waals surface area contributed by atoms with Crippen LogP contribution in [0.1, 0.15) is 23.6 Å². The minimum atomic E-state index is -4.35. The Kier molecular flexibility index (Phi) is 5.67. The second kappa shape index (κ2) is 8.41. The van der Waals surface area contributed by atoms with Gasteiger partial charge in [-0.15, -0.1) is 0 Å². The number of fused-ring (bicyclic) bond motifs is 1. The van der Waals surface area contributed by atoms with Gasteiger partial charge in [-0.1, -0.05) is 24.3 Å². The fraction of sp³-hybridized carbons (Fsp3) is 0.250. The highest BCUT2D eigenvalue weighted by atomic mass is 19.4. The number of nitrogens with one attached hydrogen (secondary N) is 1. The molecule has 160 valence electrons. The number of amides is 1. The second-order valence-electron chi connectivity index (χ2n) is 7.68. The molecular formula is C24H22F3N3O.